The zero-order valence-corrected chi connectivity index (χ0v) is 13.1. The number of nitrogens with one attached hydrogen (secondary N) is 1. The normalized spacial score (nSPS) is 25.0. The van der Waals surface area contributed by atoms with E-state index in [-0.39, 0.29) is 5.92 Å². The highest BCUT2D eigenvalue weighted by atomic mass is 32.2. The number of halogens is 1. The number of benzene rings is 1. The summed E-state index contributed by atoms with van der Waals surface area (Å²) in [4.78, 5) is 11.3. The van der Waals surface area contributed by atoms with Crippen LogP contribution in [0.25, 0.3) is 0 Å². The van der Waals surface area contributed by atoms with Gasteiger partial charge in [0.05, 0.1) is 11.6 Å². The monoisotopic (exact) mass is 352 g/mol. The second kappa shape index (κ2) is 5.00. The highest BCUT2D eigenvalue weighted by Crippen LogP contribution is 2.41. The lowest BCUT2D eigenvalue weighted by molar-refractivity contribution is -0.117. The molecule has 1 saturated heterocycles. The minimum Gasteiger partial charge on any atom is -0.506 e. The molecule has 1 atom stereocenters. The van der Waals surface area contributed by atoms with Crippen molar-refractivity contribution in [3.05, 3.63) is 23.5 Å². The summed E-state index contributed by atoms with van der Waals surface area (Å²) in [5.41, 5.74) is 0.723. The van der Waals surface area contributed by atoms with Gasteiger partial charge in [-0.1, -0.05) is 0 Å². The lowest BCUT2D eigenvalue weighted by Crippen LogP contribution is -2.30. The number of phenols is 1. The van der Waals surface area contributed by atoms with E-state index in [9.17, 15) is 22.7 Å². The molecule has 0 radical (unpaired) electrons. The predicted molar refractivity (Wildman–Crippen MR) is 83.9 cm³/mol. The quantitative estimate of drug-likeness (QED) is 0.832. The van der Waals surface area contributed by atoms with Gasteiger partial charge in [-0.15, -0.1) is 0 Å². The Hall–Kier alpha value is -2.49. The first kappa shape index (κ1) is 15.1. The second-order valence-electron chi connectivity index (χ2n) is 5.95. The highest BCUT2D eigenvalue weighted by Gasteiger charge is 2.39. The van der Waals surface area contributed by atoms with Gasteiger partial charge in [-0.25, -0.2) is 13.4 Å². The molecule has 4 rings (SSSR count). The Kier molecular flexibility index (Phi) is 3.14. The predicted octanol–water partition coefficient (Wildman–Crippen LogP) is 0.646. The number of rotatable bonds is 3. The molecule has 24 heavy (non-hydrogen) atoms. The van der Waals surface area contributed by atoms with Crippen LogP contribution in [0.15, 0.2) is 22.3 Å². The number of amides is 1. The van der Waals surface area contributed by atoms with Gasteiger partial charge in [0, 0.05) is 12.1 Å². The maximum atomic E-state index is 14.5. The van der Waals surface area contributed by atoms with Gasteiger partial charge in [0.15, 0.2) is 5.82 Å². The molecule has 126 valence electrons. The van der Waals surface area contributed by atoms with Gasteiger partial charge in [-0.05, 0) is 30.5 Å². The van der Waals surface area contributed by atoms with Crippen LogP contribution in [0.2, 0.25) is 0 Å². The first-order chi connectivity index (χ1) is 11.4. The summed E-state index contributed by atoms with van der Waals surface area (Å²) < 4.78 is 40.5. The Morgan fingerprint density at radius 3 is 2.67 bits per heavy atom. The van der Waals surface area contributed by atoms with E-state index in [1.807, 2.05) is 0 Å². The Balaban J connectivity index is 1.73. The molecule has 1 aromatic rings. The largest absolute Gasteiger partial charge is 0.506 e. The van der Waals surface area contributed by atoms with E-state index in [0.29, 0.717) is 15.8 Å². The van der Waals surface area contributed by atoms with E-state index < -0.39 is 39.9 Å². The van der Waals surface area contributed by atoms with Crippen LogP contribution in [0.5, 0.6) is 5.75 Å². The van der Waals surface area contributed by atoms with E-state index in [0.717, 1.165) is 24.6 Å². The number of aromatic hydroxyl groups is 1. The minimum absolute atomic E-state index is 0.322. The van der Waals surface area contributed by atoms with Crippen LogP contribution in [0.1, 0.15) is 24.3 Å². The fourth-order valence-corrected chi connectivity index (χ4v) is 4.12. The van der Waals surface area contributed by atoms with Crippen molar-refractivity contribution in [2.75, 3.05) is 10.8 Å². The maximum Gasteiger partial charge on any atom is 0.326 e. The molecule has 1 aliphatic carbocycles. The molecule has 1 aromatic carbocycles. The lowest BCUT2D eigenvalue weighted by atomic mass is 9.92. The number of hydrogen-bond acceptors (Lipinski definition) is 6. The van der Waals surface area contributed by atoms with Crippen LogP contribution in [-0.4, -0.2) is 37.9 Å². The van der Waals surface area contributed by atoms with Crippen molar-refractivity contribution < 1.29 is 22.7 Å². The van der Waals surface area contributed by atoms with Gasteiger partial charge in [0.25, 0.3) is 5.91 Å². The van der Waals surface area contributed by atoms with Gasteiger partial charge in [0.1, 0.15) is 18.0 Å². The molecular weight excluding hydrogens is 339 g/mol. The fourth-order valence-electron chi connectivity index (χ4n) is 2.95. The number of carbonyl (C=O) groups excluding carboxylic acids is 1. The molecule has 1 amide bonds. The Bertz CT molecular complexity index is 884. The van der Waals surface area contributed by atoms with Crippen molar-refractivity contribution >= 4 is 33.7 Å². The van der Waals surface area contributed by atoms with E-state index in [2.05, 4.69) is 10.2 Å². The van der Waals surface area contributed by atoms with Gasteiger partial charge in [-0.3, -0.25) is 4.79 Å². The van der Waals surface area contributed by atoms with Crippen molar-refractivity contribution in [3.63, 3.8) is 0 Å². The first-order valence-electron chi connectivity index (χ1n) is 7.33. The van der Waals surface area contributed by atoms with Crippen molar-refractivity contribution in [2.24, 2.45) is 16.1 Å². The number of anilines is 1. The minimum atomic E-state index is -4.20. The van der Waals surface area contributed by atoms with Crippen LogP contribution in [0.3, 0.4) is 0 Å². The van der Waals surface area contributed by atoms with Crippen LogP contribution < -0.4 is 9.03 Å². The second-order valence-corrected chi connectivity index (χ2v) is 7.54. The van der Waals surface area contributed by atoms with E-state index in [1.165, 1.54) is 6.07 Å². The summed E-state index contributed by atoms with van der Waals surface area (Å²) in [5.74, 6) is -2.28. The SMILES string of the molecule is O=C1CN(c2c(O)cc(C3C=NN=C3C3CC3)cc2F)S(=O)(=O)N1. The smallest absolute Gasteiger partial charge is 0.326 e. The highest BCUT2D eigenvalue weighted by molar-refractivity contribution is 7.92. The Morgan fingerprint density at radius 1 is 1.33 bits per heavy atom. The summed E-state index contributed by atoms with van der Waals surface area (Å²) in [6.45, 7) is -0.578. The molecule has 10 heteroatoms. The first-order valence-corrected chi connectivity index (χ1v) is 8.77. The van der Waals surface area contributed by atoms with Gasteiger partial charge in [-0.2, -0.15) is 18.6 Å². The summed E-state index contributed by atoms with van der Waals surface area (Å²) >= 11 is 0. The number of phenolic OH excluding ortho intramolecular Hbond substituents is 1. The Labute approximate surface area is 136 Å². The molecule has 0 aromatic heterocycles. The van der Waals surface area contributed by atoms with Crippen molar-refractivity contribution in [1.29, 1.82) is 0 Å². The van der Waals surface area contributed by atoms with Crippen molar-refractivity contribution in [2.45, 2.75) is 18.8 Å². The average molecular weight is 352 g/mol. The maximum absolute atomic E-state index is 14.5. The van der Waals surface area contributed by atoms with Crippen LogP contribution in [0, 0.1) is 11.7 Å². The lowest BCUT2D eigenvalue weighted by Gasteiger charge is -2.19. The van der Waals surface area contributed by atoms with Crippen LogP contribution >= 0.6 is 0 Å². The zero-order chi connectivity index (χ0) is 17.1. The van der Waals surface area contributed by atoms with E-state index in [4.69, 9.17) is 0 Å². The third-order valence-electron chi connectivity index (χ3n) is 4.20. The van der Waals surface area contributed by atoms with Crippen molar-refractivity contribution in [3.8, 4) is 5.75 Å². The zero-order valence-electron chi connectivity index (χ0n) is 12.3. The van der Waals surface area contributed by atoms with Crippen LogP contribution in [0.4, 0.5) is 10.1 Å². The standard InChI is InChI=1S/C14H13FN4O4S/c15-10-3-8(9-5-16-17-13(9)7-1-2-7)4-11(20)14(10)19-6-12(21)18-24(19,22)23/h3-5,7,9,20H,1-2,6H2,(H,18,21). The number of hydrogen-bond donors (Lipinski definition) is 2. The molecule has 2 heterocycles. The molecule has 8 nitrogen and oxygen atoms in total. The van der Waals surface area contributed by atoms with E-state index >= 15 is 0 Å². The molecule has 3 aliphatic rings. The summed E-state index contributed by atoms with van der Waals surface area (Å²) in [7, 11) is -4.20. The van der Waals surface area contributed by atoms with Gasteiger partial charge >= 0.3 is 10.2 Å². The summed E-state index contributed by atoms with van der Waals surface area (Å²) in [6.07, 6.45) is 3.58. The molecule has 1 unspecified atom stereocenters. The third kappa shape index (κ3) is 2.33. The Morgan fingerprint density at radius 2 is 2.08 bits per heavy atom. The topological polar surface area (TPSA) is 111 Å². The molecule has 2 N–H and O–H groups in total. The average Bonchev–Trinajstić information content (AvgIpc) is 3.14. The third-order valence-corrected chi connectivity index (χ3v) is 5.58. The van der Waals surface area contributed by atoms with Gasteiger partial charge < -0.3 is 5.11 Å². The summed E-state index contributed by atoms with van der Waals surface area (Å²) in [5, 5.41) is 18.1. The molecule has 0 spiro atoms. The number of nitrogens with zero attached hydrogens (tertiary/aromatic N) is 3. The fraction of sp³-hybridized carbons (Fsp3) is 0.357. The molecule has 2 aliphatic heterocycles. The van der Waals surface area contributed by atoms with Gasteiger partial charge in [0.2, 0.25) is 0 Å². The van der Waals surface area contributed by atoms with Crippen molar-refractivity contribution in [1.82, 2.24) is 4.72 Å². The summed E-state index contributed by atoms with van der Waals surface area (Å²) in [6, 6.07) is 2.43. The van der Waals surface area contributed by atoms with E-state index in [1.54, 1.807) is 10.9 Å². The van der Waals surface area contributed by atoms with Crippen LogP contribution in [-0.2, 0) is 15.0 Å². The molecule has 0 bridgehead atoms. The molecule has 2 fully saturated rings. The molecular formula is C14H13FN4O4S. The molecule has 1 saturated carbocycles. The number of carbonyl (C=O) groups is 1.